The second-order valence-electron chi connectivity index (χ2n) is 29.6. The van der Waals surface area contributed by atoms with Crippen LogP contribution in [-0.2, 0) is 52.7 Å². The molecule has 0 spiro atoms. The number of nitrogens with zero attached hydrogens (tertiary/aromatic N) is 5. The lowest BCUT2D eigenvalue weighted by Crippen LogP contribution is -2.48. The Morgan fingerprint density at radius 1 is 0.613 bits per heavy atom. The molecule has 1 aromatic rings. The van der Waals surface area contributed by atoms with Gasteiger partial charge in [-0.1, -0.05) is 120 Å². The lowest BCUT2D eigenvalue weighted by atomic mass is 9.90. The molecule has 1 aromatic heterocycles. The van der Waals surface area contributed by atoms with Gasteiger partial charge in [-0.2, -0.15) is 0 Å². The zero-order valence-corrected chi connectivity index (χ0v) is 68.1. The van der Waals surface area contributed by atoms with Crippen LogP contribution >= 0.6 is 69.4 Å². The number of rotatable bonds is 6. The van der Waals surface area contributed by atoms with Crippen LogP contribution in [0.1, 0.15) is 239 Å². The minimum Gasteiger partial charge on any atom is -0.358 e. The first-order valence-electron chi connectivity index (χ1n) is 31.2. The van der Waals surface area contributed by atoms with Crippen LogP contribution in [-0.4, -0.2) is 130 Å². The van der Waals surface area contributed by atoms with Crippen molar-refractivity contribution in [1.29, 1.82) is 0 Å². The van der Waals surface area contributed by atoms with Crippen molar-refractivity contribution in [1.82, 2.24) is 29.9 Å². The Balaban J connectivity index is -0.000000482. The first-order valence-corrected chi connectivity index (χ1v) is 35.7. The van der Waals surface area contributed by atoms with E-state index in [1.54, 1.807) is 35.0 Å². The fraction of sp³-hybridized carbons (Fsp3) is 0.657. The molecule has 0 fully saturated rings. The van der Waals surface area contributed by atoms with Crippen molar-refractivity contribution in [2.45, 2.75) is 283 Å². The maximum absolute atomic E-state index is 11.5. The van der Waals surface area contributed by atoms with Gasteiger partial charge in [0, 0.05) is 94.7 Å². The van der Waals surface area contributed by atoms with Gasteiger partial charge in [-0.05, 0) is 199 Å². The molecule has 23 heteroatoms. The number of imide groups is 3. The Morgan fingerprint density at radius 3 is 1.29 bits per heavy atom. The molecule has 5 heterocycles. The van der Waals surface area contributed by atoms with Crippen molar-refractivity contribution in [3.63, 3.8) is 0 Å². The highest BCUT2D eigenvalue weighted by Crippen LogP contribution is 2.39. The average molecular weight is 1540 g/mol. The van der Waals surface area contributed by atoms with E-state index < -0.39 is 16.6 Å². The monoisotopic (exact) mass is 1530 g/mol. The van der Waals surface area contributed by atoms with E-state index in [1.165, 1.54) is 58.6 Å². The largest absolute Gasteiger partial charge is 0.358 e. The number of carbonyl (C=O) groups excluding carboxylic acids is 9. The van der Waals surface area contributed by atoms with Crippen molar-refractivity contribution in [2.24, 2.45) is 16.7 Å². The SMILES string of the molecule is C1#CCCCCCC1.CC.CC(C)(C)C.CC(C)(C)N1C(=O)C(Br)=C(Br)C1=O.CC(C)(C)N1C(=O)C=C(Br)C1=O.CC(C)(C)N1C(=O)C=CC1=O.CC(C)(C)NC(=O)CON.CC(C)(C)SSc1ccccn1.CCC(=O)C(C)(C)C.COC1C=CC(=O)N1C(C)(C)C. The Labute approximate surface area is 593 Å². The Bertz CT molecular complexity index is 2700. The van der Waals surface area contributed by atoms with Crippen LogP contribution in [0.15, 0.2) is 73.2 Å². The molecule has 1 atom stereocenters. The summed E-state index contributed by atoms with van der Waals surface area (Å²) in [6, 6.07) is 5.98. The van der Waals surface area contributed by atoms with E-state index in [0.29, 0.717) is 35.8 Å². The topological polar surface area (TPSA) is 236 Å². The van der Waals surface area contributed by atoms with E-state index >= 15 is 0 Å². The van der Waals surface area contributed by atoms with Gasteiger partial charge < -0.3 is 15.0 Å². The highest BCUT2D eigenvalue weighted by Gasteiger charge is 2.42. The minimum atomic E-state index is -0.483. The zero-order chi connectivity index (χ0) is 74.1. The van der Waals surface area contributed by atoms with Gasteiger partial charge in [0.25, 0.3) is 35.4 Å². The highest BCUT2D eigenvalue weighted by atomic mass is 79.9. The molecule has 0 aromatic carbocycles. The number of Topliss-reactive ketones (excluding diaryl/α,β-unsaturated/α-hetero) is 1. The summed E-state index contributed by atoms with van der Waals surface area (Å²) in [7, 11) is 5.18. The number of ether oxygens (including phenoxy) is 1. The summed E-state index contributed by atoms with van der Waals surface area (Å²) < 4.78 is 6.37. The second-order valence-corrected chi connectivity index (χ2v) is 35.0. The number of amides is 8. The fourth-order valence-corrected chi connectivity index (χ4v) is 10.1. The first-order chi connectivity index (χ1) is 42.0. The Morgan fingerprint density at radius 2 is 1.04 bits per heavy atom. The van der Waals surface area contributed by atoms with E-state index in [-0.39, 0.29) is 76.6 Å². The molecule has 6 rings (SSSR count). The number of hydrogen-bond donors (Lipinski definition) is 2. The molecule has 0 saturated heterocycles. The van der Waals surface area contributed by atoms with E-state index in [9.17, 15) is 43.2 Å². The number of aromatic nitrogens is 1. The summed E-state index contributed by atoms with van der Waals surface area (Å²) in [6.45, 7) is 55.0. The van der Waals surface area contributed by atoms with Crippen LogP contribution < -0.4 is 11.2 Å². The quantitative estimate of drug-likeness (QED) is 0.117. The van der Waals surface area contributed by atoms with Crippen molar-refractivity contribution < 1.29 is 52.7 Å². The Kier molecular flexibility index (Phi) is 44.8. The summed E-state index contributed by atoms with van der Waals surface area (Å²) in [6.07, 6.45) is 17.2. The summed E-state index contributed by atoms with van der Waals surface area (Å²) in [5.74, 6) is 9.59. The fourth-order valence-electron chi connectivity index (χ4n) is 7.16. The summed E-state index contributed by atoms with van der Waals surface area (Å²) in [4.78, 5) is 114. The van der Waals surface area contributed by atoms with Crippen LogP contribution in [0.25, 0.3) is 0 Å². The third-order valence-electron chi connectivity index (χ3n) is 10.9. The van der Waals surface area contributed by atoms with Gasteiger partial charge in [0.15, 0.2) is 6.23 Å². The molecule has 4 aliphatic heterocycles. The van der Waals surface area contributed by atoms with Crippen LogP contribution in [0, 0.1) is 22.7 Å². The molecule has 0 bridgehead atoms. The number of carbonyl (C=O) groups is 9. The normalized spacial score (nSPS) is 16.4. The lowest BCUT2D eigenvalue weighted by Gasteiger charge is -2.36. The summed E-state index contributed by atoms with van der Waals surface area (Å²) in [5, 5.41) is 3.76. The maximum Gasteiger partial charge on any atom is 0.269 e. The third kappa shape index (κ3) is 43.5. The van der Waals surface area contributed by atoms with E-state index in [4.69, 9.17) is 4.74 Å². The number of ketones is 1. The molecule has 3 N–H and O–H groups in total. The van der Waals surface area contributed by atoms with Crippen molar-refractivity contribution in [3.8, 4) is 11.8 Å². The molecule has 8 amide bonds. The number of nitrogens with two attached hydrogens (primary N) is 1. The van der Waals surface area contributed by atoms with Gasteiger partial charge in [-0.15, -0.1) is 11.8 Å². The van der Waals surface area contributed by atoms with Crippen LogP contribution in [0.3, 0.4) is 0 Å². The predicted octanol–water partition coefficient (Wildman–Crippen LogP) is 16.3. The maximum atomic E-state index is 11.5. The van der Waals surface area contributed by atoms with Crippen molar-refractivity contribution >= 4 is 122 Å². The number of pyridine rings is 1. The summed E-state index contributed by atoms with van der Waals surface area (Å²) in [5.41, 5.74) is -1.35. The number of hydrogen-bond acceptors (Lipinski definition) is 15. The lowest BCUT2D eigenvalue weighted by molar-refractivity contribution is -0.143. The van der Waals surface area contributed by atoms with E-state index in [2.05, 4.69) is 129 Å². The molecule has 530 valence electrons. The van der Waals surface area contributed by atoms with Gasteiger partial charge in [-0.25, -0.2) is 10.9 Å². The predicted molar refractivity (Wildman–Crippen MR) is 395 cm³/mol. The molecule has 0 saturated carbocycles. The van der Waals surface area contributed by atoms with Crippen LogP contribution in [0.5, 0.6) is 0 Å². The van der Waals surface area contributed by atoms with Gasteiger partial charge >= 0.3 is 0 Å². The highest BCUT2D eigenvalue weighted by molar-refractivity contribution is 9.14. The molecular weight excluding hydrogens is 1420 g/mol. The van der Waals surface area contributed by atoms with Crippen LogP contribution in [0.2, 0.25) is 0 Å². The van der Waals surface area contributed by atoms with E-state index in [0.717, 1.165) is 17.9 Å². The number of halogens is 3. The average Bonchev–Trinajstić information content (AvgIpc) is 1.71. The Hall–Kier alpha value is -4.28. The van der Waals surface area contributed by atoms with Crippen molar-refractivity contribution in [2.75, 3.05) is 13.7 Å². The second kappa shape index (κ2) is 43.8. The molecule has 0 radical (unpaired) electrons. The molecule has 18 nitrogen and oxygen atoms in total. The number of methoxy groups -OCH3 is 1. The molecule has 5 aliphatic rings. The minimum absolute atomic E-state index is 0.0225. The molecule has 1 unspecified atom stereocenters. The van der Waals surface area contributed by atoms with Gasteiger partial charge in [-0.3, -0.25) is 62.7 Å². The smallest absolute Gasteiger partial charge is 0.269 e. The van der Waals surface area contributed by atoms with Crippen LogP contribution in [0.4, 0.5) is 0 Å². The van der Waals surface area contributed by atoms with Crippen molar-refractivity contribution in [3.05, 3.63) is 68.2 Å². The molecule has 1 aliphatic carbocycles. The van der Waals surface area contributed by atoms with E-state index in [1.807, 2.05) is 181 Å². The molecular formula is C70H116Br3N7O11S2. The summed E-state index contributed by atoms with van der Waals surface area (Å²) >= 11 is 9.15. The third-order valence-corrected chi connectivity index (χ3v) is 16.7. The first kappa shape index (κ1) is 95.1. The van der Waals surface area contributed by atoms with Gasteiger partial charge in [0.05, 0.1) is 4.48 Å². The van der Waals surface area contributed by atoms with Gasteiger partial charge in [0.1, 0.15) is 26.4 Å². The number of nitrogens with one attached hydrogen (secondary N) is 1. The standard InChI is InChI=1S/C9H15NO2.C9H13NS2.C8H9Br2NO2.C8H10BrNO2.C8H11NO2.C8H12.C7H14O.C6H14N2O2.C5H12.C2H6/c1-9(2,3)10-7(11)5-6-8(10)12-4;1-9(2,3)12-11-8-6-4-5-7-10-8;1-8(2,3)11-6(12)4(9)5(10)7(11)13;1-8(2,3)10-6(11)4-5(9)7(10)12;1-8(2,3)9-6(10)4-5-7(9)11;1-2-4-6-8-7-5-3-1;1-5-6(8)7(2,3)4;1-6(2,3)8-5(9)4-10-7;1-5(2,3)4;1-2/h5-6,8H,1-4H3;4-7H,1-3H3;1-3H3;4H,1-3H3;4-5H,1-3H3;1-6H2;5H2,1-4H3;4,7H2,1-3H3,(H,8,9);1-4H3;1-2H3. The molecule has 93 heavy (non-hydrogen) atoms. The van der Waals surface area contributed by atoms with Gasteiger partial charge in [0.2, 0.25) is 11.8 Å². The zero-order valence-electron chi connectivity index (χ0n) is 61.7.